The normalized spacial score (nSPS) is 21.2. The first-order chi connectivity index (χ1) is 5.58. The molecule has 1 unspecified atom stereocenters. The predicted octanol–water partition coefficient (Wildman–Crippen LogP) is 2.77. The van der Waals surface area contributed by atoms with Crippen molar-refractivity contribution in [2.24, 2.45) is 5.41 Å². The zero-order chi connectivity index (χ0) is 9.03. The van der Waals surface area contributed by atoms with Crippen molar-refractivity contribution in [2.75, 3.05) is 6.54 Å². The fourth-order valence-corrected chi connectivity index (χ4v) is 1.57. The monoisotopic (exact) mass is 168 g/mol. The number of hydrogen-bond acceptors (Lipinski definition) is 1. The highest BCUT2D eigenvalue weighted by atomic mass is 14.9. The van der Waals surface area contributed by atoms with E-state index in [9.17, 15) is 0 Å². The van der Waals surface area contributed by atoms with Crippen molar-refractivity contribution in [3.05, 3.63) is 6.42 Å². The average Bonchev–Trinajstić information content (AvgIpc) is 2.02. The summed E-state index contributed by atoms with van der Waals surface area (Å²) < 4.78 is 0. The molecule has 1 fully saturated rings. The first-order valence-electron chi connectivity index (χ1n) is 5.15. The molecule has 71 valence electrons. The minimum Gasteiger partial charge on any atom is -0.313 e. The molecule has 1 N–H and O–H groups in total. The molecular formula is C11H22N. The third-order valence-corrected chi connectivity index (χ3v) is 2.32. The van der Waals surface area contributed by atoms with Gasteiger partial charge in [0, 0.05) is 12.6 Å². The van der Waals surface area contributed by atoms with Crippen molar-refractivity contribution >= 4 is 0 Å². The van der Waals surface area contributed by atoms with Gasteiger partial charge in [0.2, 0.25) is 0 Å². The molecule has 0 spiro atoms. The van der Waals surface area contributed by atoms with Crippen LogP contribution in [0.3, 0.4) is 0 Å². The lowest BCUT2D eigenvalue weighted by Gasteiger charge is -2.27. The number of nitrogens with one attached hydrogen (secondary N) is 1. The molecule has 0 aromatic carbocycles. The topological polar surface area (TPSA) is 12.0 Å². The van der Waals surface area contributed by atoms with Crippen molar-refractivity contribution in [2.45, 2.75) is 52.5 Å². The van der Waals surface area contributed by atoms with Crippen LogP contribution >= 0.6 is 0 Å². The van der Waals surface area contributed by atoms with Crippen LogP contribution in [0.5, 0.6) is 0 Å². The Labute approximate surface area is 76.9 Å². The van der Waals surface area contributed by atoms with Gasteiger partial charge >= 0.3 is 0 Å². The molecule has 0 amide bonds. The third kappa shape index (κ3) is 4.10. The van der Waals surface area contributed by atoms with Crippen LogP contribution in [0.1, 0.15) is 46.5 Å². The summed E-state index contributed by atoms with van der Waals surface area (Å²) >= 11 is 0. The molecule has 0 bridgehead atoms. The lowest BCUT2D eigenvalue weighted by Crippen LogP contribution is -2.37. The molecule has 0 aromatic heterocycles. The van der Waals surface area contributed by atoms with Gasteiger partial charge in [-0.2, -0.15) is 0 Å². The zero-order valence-electron chi connectivity index (χ0n) is 8.69. The average molecular weight is 168 g/mol. The molecule has 12 heavy (non-hydrogen) atoms. The third-order valence-electron chi connectivity index (χ3n) is 2.32. The summed E-state index contributed by atoms with van der Waals surface area (Å²) in [5, 5.41) is 3.61. The SMILES string of the molecule is CC(C)(C)CNC1[CH]CCCC1. The minimum absolute atomic E-state index is 0.422. The molecule has 1 nitrogen and oxygen atoms in total. The highest BCUT2D eigenvalue weighted by Crippen LogP contribution is 2.18. The van der Waals surface area contributed by atoms with Gasteiger partial charge < -0.3 is 5.32 Å². The maximum atomic E-state index is 3.61. The van der Waals surface area contributed by atoms with Crippen LogP contribution in [-0.2, 0) is 0 Å². The van der Waals surface area contributed by atoms with E-state index in [-0.39, 0.29) is 0 Å². The molecule has 1 atom stereocenters. The van der Waals surface area contributed by atoms with Crippen LogP contribution in [-0.4, -0.2) is 12.6 Å². The molecule has 1 heteroatoms. The summed E-state index contributed by atoms with van der Waals surface area (Å²) in [5.41, 5.74) is 0.422. The first-order valence-corrected chi connectivity index (χ1v) is 5.15. The van der Waals surface area contributed by atoms with E-state index >= 15 is 0 Å². The molecule has 1 radical (unpaired) electrons. The molecule has 1 rings (SSSR count). The molecule has 0 saturated heterocycles. The van der Waals surface area contributed by atoms with Gasteiger partial charge in [0.25, 0.3) is 0 Å². The van der Waals surface area contributed by atoms with Crippen molar-refractivity contribution in [1.82, 2.24) is 5.32 Å². The lowest BCUT2D eigenvalue weighted by atomic mass is 9.92. The minimum atomic E-state index is 0.422. The van der Waals surface area contributed by atoms with Crippen LogP contribution in [0.25, 0.3) is 0 Å². The second kappa shape index (κ2) is 4.27. The molecule has 0 heterocycles. The maximum absolute atomic E-state index is 3.61. The van der Waals surface area contributed by atoms with E-state index < -0.39 is 0 Å². The van der Waals surface area contributed by atoms with Gasteiger partial charge in [-0.25, -0.2) is 0 Å². The lowest BCUT2D eigenvalue weighted by molar-refractivity contribution is 0.339. The smallest absolute Gasteiger partial charge is 0.00987 e. The van der Waals surface area contributed by atoms with Gasteiger partial charge in [-0.05, 0) is 24.7 Å². The Kier molecular flexibility index (Phi) is 3.57. The van der Waals surface area contributed by atoms with E-state index in [0.29, 0.717) is 11.5 Å². The molecule has 0 aliphatic heterocycles. The summed E-state index contributed by atoms with van der Waals surface area (Å²) in [7, 11) is 0. The Hall–Kier alpha value is -0.0400. The van der Waals surface area contributed by atoms with Gasteiger partial charge in [0.15, 0.2) is 0 Å². The van der Waals surface area contributed by atoms with E-state index in [4.69, 9.17) is 0 Å². The molecule has 1 saturated carbocycles. The fraction of sp³-hybridized carbons (Fsp3) is 0.909. The van der Waals surface area contributed by atoms with Crippen LogP contribution in [0.2, 0.25) is 0 Å². The Morgan fingerprint density at radius 1 is 1.33 bits per heavy atom. The summed E-state index contributed by atoms with van der Waals surface area (Å²) in [6, 6.07) is 0.693. The van der Waals surface area contributed by atoms with Crippen molar-refractivity contribution < 1.29 is 0 Å². The van der Waals surface area contributed by atoms with Crippen LogP contribution < -0.4 is 5.32 Å². The van der Waals surface area contributed by atoms with Crippen molar-refractivity contribution in [3.63, 3.8) is 0 Å². The second-order valence-electron chi connectivity index (χ2n) is 5.07. The highest BCUT2D eigenvalue weighted by Gasteiger charge is 2.16. The van der Waals surface area contributed by atoms with Gasteiger partial charge in [-0.3, -0.25) is 0 Å². The molecule has 1 aliphatic rings. The number of hydrogen-bond donors (Lipinski definition) is 1. The van der Waals surface area contributed by atoms with Gasteiger partial charge in [-0.15, -0.1) is 0 Å². The summed E-state index contributed by atoms with van der Waals surface area (Å²) in [6.07, 6.45) is 7.89. The van der Waals surface area contributed by atoms with E-state index in [2.05, 4.69) is 32.5 Å². The fourth-order valence-electron chi connectivity index (χ4n) is 1.57. The van der Waals surface area contributed by atoms with Crippen LogP contribution in [0.4, 0.5) is 0 Å². The number of rotatable bonds is 2. The quantitative estimate of drug-likeness (QED) is 0.668. The Balaban J connectivity index is 2.13. The van der Waals surface area contributed by atoms with E-state index in [1.54, 1.807) is 0 Å². The van der Waals surface area contributed by atoms with Gasteiger partial charge in [0.05, 0.1) is 0 Å². The maximum Gasteiger partial charge on any atom is 0.00987 e. The molecule has 0 aromatic rings. The highest BCUT2D eigenvalue weighted by molar-refractivity contribution is 4.87. The van der Waals surface area contributed by atoms with Crippen molar-refractivity contribution in [1.29, 1.82) is 0 Å². The molecular weight excluding hydrogens is 146 g/mol. The van der Waals surface area contributed by atoms with E-state index in [1.807, 2.05) is 0 Å². The zero-order valence-corrected chi connectivity index (χ0v) is 8.69. The van der Waals surface area contributed by atoms with Crippen LogP contribution in [0.15, 0.2) is 0 Å². The van der Waals surface area contributed by atoms with Crippen LogP contribution in [0, 0.1) is 11.8 Å². The predicted molar refractivity (Wildman–Crippen MR) is 54.0 cm³/mol. The summed E-state index contributed by atoms with van der Waals surface area (Å²) in [4.78, 5) is 0. The van der Waals surface area contributed by atoms with Crippen molar-refractivity contribution in [3.8, 4) is 0 Å². The largest absolute Gasteiger partial charge is 0.313 e. The van der Waals surface area contributed by atoms with E-state index in [0.717, 1.165) is 6.54 Å². The standard InChI is InChI=1S/C11H22N/c1-11(2,3)9-12-10-7-5-4-6-8-10/h7,10,12H,4-6,8-9H2,1-3H3. The molecule has 1 aliphatic carbocycles. The Morgan fingerprint density at radius 2 is 2.08 bits per heavy atom. The first kappa shape index (κ1) is 10.0. The Bertz CT molecular complexity index is 117. The van der Waals surface area contributed by atoms with Gasteiger partial charge in [-0.1, -0.05) is 33.6 Å². The second-order valence-corrected chi connectivity index (χ2v) is 5.07. The Morgan fingerprint density at radius 3 is 2.58 bits per heavy atom. The van der Waals surface area contributed by atoms with Gasteiger partial charge in [0.1, 0.15) is 0 Å². The summed E-state index contributed by atoms with van der Waals surface area (Å²) in [6.45, 7) is 7.97. The summed E-state index contributed by atoms with van der Waals surface area (Å²) in [5.74, 6) is 0. The van der Waals surface area contributed by atoms with E-state index in [1.165, 1.54) is 25.7 Å².